The third kappa shape index (κ3) is 4.09. The Labute approximate surface area is 151 Å². The SMILES string of the molecule is CC(=NNc1cc(F)cc(F)c1)c1ccc(S(=O)(=O)C2CCCC2)cc1. The zero-order valence-corrected chi connectivity index (χ0v) is 15.2. The van der Waals surface area contributed by atoms with Crippen molar-refractivity contribution >= 4 is 21.2 Å². The van der Waals surface area contributed by atoms with E-state index in [0.717, 1.165) is 49.4 Å². The van der Waals surface area contributed by atoms with E-state index in [2.05, 4.69) is 10.5 Å². The second kappa shape index (κ2) is 7.53. The lowest BCUT2D eigenvalue weighted by molar-refractivity contribution is 0.579. The molecular formula is C19H20F2N2O2S. The molecule has 1 N–H and O–H groups in total. The molecule has 0 saturated heterocycles. The van der Waals surface area contributed by atoms with Crippen LogP contribution in [0.4, 0.5) is 14.5 Å². The van der Waals surface area contributed by atoms with Crippen molar-refractivity contribution in [2.24, 2.45) is 5.10 Å². The highest BCUT2D eigenvalue weighted by molar-refractivity contribution is 7.92. The molecular weight excluding hydrogens is 358 g/mol. The van der Waals surface area contributed by atoms with Crippen molar-refractivity contribution in [2.75, 3.05) is 5.43 Å². The van der Waals surface area contributed by atoms with E-state index in [0.29, 0.717) is 10.6 Å². The fourth-order valence-corrected chi connectivity index (χ4v) is 4.96. The van der Waals surface area contributed by atoms with Gasteiger partial charge in [-0.3, -0.25) is 5.43 Å². The molecule has 1 fully saturated rings. The van der Waals surface area contributed by atoms with Crippen LogP contribution in [-0.2, 0) is 9.84 Å². The highest BCUT2D eigenvalue weighted by Crippen LogP contribution is 2.29. The minimum absolute atomic E-state index is 0.197. The first-order chi connectivity index (χ1) is 12.4. The van der Waals surface area contributed by atoms with Crippen molar-refractivity contribution in [3.05, 3.63) is 59.7 Å². The van der Waals surface area contributed by atoms with Gasteiger partial charge in [0.2, 0.25) is 0 Å². The van der Waals surface area contributed by atoms with Gasteiger partial charge in [0.05, 0.1) is 21.5 Å². The largest absolute Gasteiger partial charge is 0.278 e. The molecule has 4 nitrogen and oxygen atoms in total. The van der Waals surface area contributed by atoms with Crippen LogP contribution in [0, 0.1) is 11.6 Å². The number of nitrogens with one attached hydrogen (secondary N) is 1. The summed E-state index contributed by atoms with van der Waals surface area (Å²) in [7, 11) is -3.28. The van der Waals surface area contributed by atoms with Gasteiger partial charge in [0.1, 0.15) is 11.6 Å². The molecule has 2 aromatic rings. The first kappa shape index (κ1) is 18.5. The Morgan fingerprint density at radius 3 is 2.19 bits per heavy atom. The maximum absolute atomic E-state index is 13.2. The molecule has 1 aliphatic rings. The van der Waals surface area contributed by atoms with Crippen LogP contribution in [0.5, 0.6) is 0 Å². The second-order valence-corrected chi connectivity index (χ2v) is 8.67. The number of hydrogen-bond donors (Lipinski definition) is 1. The summed E-state index contributed by atoms with van der Waals surface area (Å²) < 4.78 is 51.5. The van der Waals surface area contributed by atoms with Crippen LogP contribution in [0.1, 0.15) is 38.2 Å². The van der Waals surface area contributed by atoms with Crippen LogP contribution in [-0.4, -0.2) is 19.4 Å². The quantitative estimate of drug-likeness (QED) is 0.615. The lowest BCUT2D eigenvalue weighted by Gasteiger charge is -2.11. The topological polar surface area (TPSA) is 58.5 Å². The van der Waals surface area contributed by atoms with E-state index < -0.39 is 21.5 Å². The van der Waals surface area contributed by atoms with Gasteiger partial charge in [-0.05, 0) is 49.6 Å². The highest BCUT2D eigenvalue weighted by atomic mass is 32.2. The molecule has 26 heavy (non-hydrogen) atoms. The van der Waals surface area contributed by atoms with Crippen molar-refractivity contribution < 1.29 is 17.2 Å². The van der Waals surface area contributed by atoms with Crippen molar-refractivity contribution in [1.82, 2.24) is 0 Å². The van der Waals surface area contributed by atoms with Crippen molar-refractivity contribution in [3.8, 4) is 0 Å². The van der Waals surface area contributed by atoms with Gasteiger partial charge in [-0.25, -0.2) is 17.2 Å². The maximum atomic E-state index is 13.2. The number of anilines is 1. The van der Waals surface area contributed by atoms with Crippen LogP contribution in [0.3, 0.4) is 0 Å². The van der Waals surface area contributed by atoms with E-state index in [1.165, 1.54) is 0 Å². The molecule has 0 amide bonds. The van der Waals surface area contributed by atoms with Crippen LogP contribution >= 0.6 is 0 Å². The molecule has 0 bridgehead atoms. The van der Waals surface area contributed by atoms with E-state index in [9.17, 15) is 17.2 Å². The summed E-state index contributed by atoms with van der Waals surface area (Å²) in [6.07, 6.45) is 3.36. The summed E-state index contributed by atoms with van der Waals surface area (Å²) in [6, 6.07) is 9.61. The molecule has 0 atom stereocenters. The predicted octanol–water partition coefficient (Wildman–Crippen LogP) is 4.52. The third-order valence-electron chi connectivity index (χ3n) is 4.56. The number of benzene rings is 2. The first-order valence-corrected chi connectivity index (χ1v) is 10.0. The normalized spacial score (nSPS) is 16.0. The monoisotopic (exact) mass is 378 g/mol. The minimum Gasteiger partial charge on any atom is -0.278 e. The van der Waals surface area contributed by atoms with Crippen LogP contribution in [0.25, 0.3) is 0 Å². The Hall–Kier alpha value is -2.28. The fourth-order valence-electron chi connectivity index (χ4n) is 3.11. The molecule has 138 valence electrons. The molecule has 0 aliphatic heterocycles. The number of hydrogen-bond acceptors (Lipinski definition) is 4. The molecule has 7 heteroatoms. The van der Waals surface area contributed by atoms with Crippen LogP contribution < -0.4 is 5.43 Å². The van der Waals surface area contributed by atoms with Gasteiger partial charge < -0.3 is 0 Å². The second-order valence-electron chi connectivity index (χ2n) is 6.44. The smallest absolute Gasteiger partial charge is 0.181 e. The molecule has 0 aromatic heterocycles. The summed E-state index contributed by atoms with van der Waals surface area (Å²) in [5.41, 5.74) is 4.09. The van der Waals surface area contributed by atoms with Crippen molar-refractivity contribution in [1.29, 1.82) is 0 Å². The Kier molecular flexibility index (Phi) is 5.36. The van der Waals surface area contributed by atoms with E-state index in [-0.39, 0.29) is 10.9 Å². The Morgan fingerprint density at radius 1 is 1.04 bits per heavy atom. The summed E-state index contributed by atoms with van der Waals surface area (Å²) >= 11 is 0. The molecule has 0 radical (unpaired) electrons. The average Bonchev–Trinajstić information content (AvgIpc) is 3.14. The highest BCUT2D eigenvalue weighted by Gasteiger charge is 2.30. The van der Waals surface area contributed by atoms with E-state index in [4.69, 9.17) is 0 Å². The van der Waals surface area contributed by atoms with Gasteiger partial charge in [0, 0.05) is 6.07 Å². The summed E-state index contributed by atoms with van der Waals surface area (Å²) in [4.78, 5) is 0.320. The van der Waals surface area contributed by atoms with Gasteiger partial charge in [0.25, 0.3) is 0 Å². The van der Waals surface area contributed by atoms with Crippen molar-refractivity contribution in [3.63, 3.8) is 0 Å². The van der Waals surface area contributed by atoms with Gasteiger partial charge in [-0.1, -0.05) is 25.0 Å². The molecule has 0 heterocycles. The van der Waals surface area contributed by atoms with E-state index in [1.54, 1.807) is 31.2 Å². The van der Waals surface area contributed by atoms with Gasteiger partial charge >= 0.3 is 0 Å². The Morgan fingerprint density at radius 2 is 1.62 bits per heavy atom. The molecule has 0 unspecified atom stereocenters. The predicted molar refractivity (Wildman–Crippen MR) is 98.1 cm³/mol. The Bertz CT molecular complexity index is 899. The number of nitrogens with zero attached hydrogens (tertiary/aromatic N) is 1. The fraction of sp³-hybridized carbons (Fsp3) is 0.316. The Balaban J connectivity index is 1.75. The summed E-state index contributed by atoms with van der Waals surface area (Å²) in [6.45, 7) is 1.73. The van der Waals surface area contributed by atoms with E-state index >= 15 is 0 Å². The van der Waals surface area contributed by atoms with Crippen LogP contribution in [0.2, 0.25) is 0 Å². The number of halogens is 2. The lowest BCUT2D eigenvalue weighted by atomic mass is 10.1. The minimum atomic E-state index is -3.28. The lowest BCUT2D eigenvalue weighted by Crippen LogP contribution is -2.17. The third-order valence-corrected chi connectivity index (χ3v) is 6.84. The molecule has 3 rings (SSSR count). The van der Waals surface area contributed by atoms with Crippen molar-refractivity contribution in [2.45, 2.75) is 42.8 Å². The number of sulfone groups is 1. The van der Waals surface area contributed by atoms with Gasteiger partial charge in [-0.15, -0.1) is 0 Å². The van der Waals surface area contributed by atoms with E-state index in [1.807, 2.05) is 0 Å². The zero-order valence-electron chi connectivity index (χ0n) is 14.4. The standard InChI is InChI=1S/C19H20F2N2O2S/c1-13(22-23-17-11-15(20)10-16(21)12-17)14-6-8-19(9-7-14)26(24,25)18-4-2-3-5-18/h6-12,18,23H,2-5H2,1H3. The maximum Gasteiger partial charge on any atom is 0.181 e. The number of hydrazone groups is 1. The first-order valence-electron chi connectivity index (χ1n) is 8.47. The molecule has 0 spiro atoms. The number of rotatable bonds is 5. The molecule has 1 saturated carbocycles. The zero-order chi connectivity index (χ0) is 18.7. The van der Waals surface area contributed by atoms with Gasteiger partial charge in [-0.2, -0.15) is 5.10 Å². The molecule has 2 aromatic carbocycles. The summed E-state index contributed by atoms with van der Waals surface area (Å²) in [5.74, 6) is -1.39. The van der Waals surface area contributed by atoms with Crippen LogP contribution in [0.15, 0.2) is 52.5 Å². The van der Waals surface area contributed by atoms with Gasteiger partial charge in [0.15, 0.2) is 9.84 Å². The summed E-state index contributed by atoms with van der Waals surface area (Å²) in [5, 5.41) is 3.82. The average molecular weight is 378 g/mol. The molecule has 1 aliphatic carbocycles.